The van der Waals surface area contributed by atoms with Gasteiger partial charge in [-0.3, -0.25) is 9.67 Å². The van der Waals surface area contributed by atoms with E-state index in [0.717, 1.165) is 24.2 Å². The van der Waals surface area contributed by atoms with Crippen molar-refractivity contribution in [3.63, 3.8) is 0 Å². The number of aryl methyl sites for hydroxylation is 1. The number of aromatic nitrogens is 4. The van der Waals surface area contributed by atoms with Crippen molar-refractivity contribution in [2.45, 2.75) is 64.6 Å². The standard InChI is InChI=1S/C20H30N6O/c1-15(2)18(19-22-14-23-25(19)3)24-20(27)26(17-7-5-4-6-8-17)13-16-9-11-21-12-10-16/h9-12,14-15,17-18H,4-8,13H2,1-3H3,(H,24,27). The Hall–Kier alpha value is -2.44. The third-order valence-corrected chi connectivity index (χ3v) is 5.35. The van der Waals surface area contributed by atoms with Crippen LogP contribution >= 0.6 is 0 Å². The molecule has 7 nitrogen and oxygen atoms in total. The first-order valence-corrected chi connectivity index (χ1v) is 9.86. The number of carbonyl (C=O) groups excluding carboxylic acids is 1. The Kier molecular flexibility index (Phi) is 6.42. The van der Waals surface area contributed by atoms with Crippen LogP contribution in [0.5, 0.6) is 0 Å². The molecule has 146 valence electrons. The third-order valence-electron chi connectivity index (χ3n) is 5.35. The van der Waals surface area contributed by atoms with E-state index >= 15 is 0 Å². The molecule has 1 aliphatic carbocycles. The molecule has 0 aromatic carbocycles. The van der Waals surface area contributed by atoms with E-state index in [4.69, 9.17) is 0 Å². The van der Waals surface area contributed by atoms with Crippen LogP contribution in [0.15, 0.2) is 30.9 Å². The van der Waals surface area contributed by atoms with E-state index < -0.39 is 0 Å². The molecule has 1 fully saturated rings. The molecule has 0 radical (unpaired) electrons. The molecule has 0 saturated heterocycles. The normalized spacial score (nSPS) is 16.3. The number of hydrogen-bond donors (Lipinski definition) is 1. The minimum Gasteiger partial charge on any atom is -0.328 e. The van der Waals surface area contributed by atoms with Crippen LogP contribution in [0.2, 0.25) is 0 Å². The average molecular weight is 371 g/mol. The van der Waals surface area contributed by atoms with Gasteiger partial charge in [0.1, 0.15) is 12.2 Å². The second-order valence-electron chi connectivity index (χ2n) is 7.69. The Balaban J connectivity index is 1.79. The van der Waals surface area contributed by atoms with Crippen LogP contribution in [-0.4, -0.2) is 36.7 Å². The number of pyridine rings is 1. The van der Waals surface area contributed by atoms with Gasteiger partial charge in [-0.25, -0.2) is 9.78 Å². The van der Waals surface area contributed by atoms with Gasteiger partial charge >= 0.3 is 6.03 Å². The molecular formula is C20H30N6O. The maximum Gasteiger partial charge on any atom is 0.318 e. The van der Waals surface area contributed by atoms with E-state index in [1.807, 2.05) is 24.1 Å². The van der Waals surface area contributed by atoms with Crippen molar-refractivity contribution >= 4 is 6.03 Å². The number of hydrogen-bond acceptors (Lipinski definition) is 4. The van der Waals surface area contributed by atoms with E-state index in [1.54, 1.807) is 17.1 Å². The summed E-state index contributed by atoms with van der Waals surface area (Å²) >= 11 is 0. The van der Waals surface area contributed by atoms with Crippen molar-refractivity contribution in [3.05, 3.63) is 42.2 Å². The minimum atomic E-state index is -0.173. The lowest BCUT2D eigenvalue weighted by Crippen LogP contribution is -2.48. The van der Waals surface area contributed by atoms with Gasteiger partial charge in [-0.1, -0.05) is 33.1 Å². The summed E-state index contributed by atoms with van der Waals surface area (Å²) in [6, 6.07) is 4.03. The highest BCUT2D eigenvalue weighted by Crippen LogP contribution is 2.26. The van der Waals surface area contributed by atoms with E-state index in [-0.39, 0.29) is 24.0 Å². The maximum absolute atomic E-state index is 13.3. The van der Waals surface area contributed by atoms with E-state index in [1.165, 1.54) is 25.6 Å². The van der Waals surface area contributed by atoms with Crippen molar-refractivity contribution < 1.29 is 4.79 Å². The highest BCUT2D eigenvalue weighted by atomic mass is 16.2. The molecule has 1 atom stereocenters. The molecular weight excluding hydrogens is 340 g/mol. The van der Waals surface area contributed by atoms with Crippen LogP contribution in [0, 0.1) is 5.92 Å². The fourth-order valence-corrected chi connectivity index (χ4v) is 3.78. The average Bonchev–Trinajstić information content (AvgIpc) is 3.11. The Morgan fingerprint density at radius 2 is 1.96 bits per heavy atom. The highest BCUT2D eigenvalue weighted by Gasteiger charge is 2.29. The second-order valence-corrected chi connectivity index (χ2v) is 7.69. The number of amides is 2. The van der Waals surface area contributed by atoms with Gasteiger partial charge in [-0.2, -0.15) is 5.10 Å². The summed E-state index contributed by atoms with van der Waals surface area (Å²) < 4.78 is 1.73. The summed E-state index contributed by atoms with van der Waals surface area (Å²) in [5.41, 5.74) is 1.10. The summed E-state index contributed by atoms with van der Waals surface area (Å²) in [5.74, 6) is 0.997. The third kappa shape index (κ3) is 4.84. The monoisotopic (exact) mass is 370 g/mol. The van der Waals surface area contributed by atoms with E-state index in [9.17, 15) is 4.79 Å². The second kappa shape index (κ2) is 8.97. The largest absolute Gasteiger partial charge is 0.328 e. The van der Waals surface area contributed by atoms with Gasteiger partial charge in [0.05, 0.1) is 6.04 Å². The summed E-state index contributed by atoms with van der Waals surface area (Å²) in [4.78, 5) is 23.8. The lowest BCUT2D eigenvalue weighted by atomic mass is 9.94. The molecule has 1 saturated carbocycles. The van der Waals surface area contributed by atoms with Gasteiger partial charge in [-0.05, 0) is 36.5 Å². The Labute approximate surface area is 161 Å². The zero-order chi connectivity index (χ0) is 19.2. The fraction of sp³-hybridized carbons (Fsp3) is 0.600. The molecule has 2 aromatic heterocycles. The van der Waals surface area contributed by atoms with Gasteiger partial charge in [0, 0.05) is 32.0 Å². The molecule has 27 heavy (non-hydrogen) atoms. The van der Waals surface area contributed by atoms with Crippen LogP contribution in [0.25, 0.3) is 0 Å². The van der Waals surface area contributed by atoms with Crippen molar-refractivity contribution in [2.75, 3.05) is 0 Å². The predicted molar refractivity (Wildman–Crippen MR) is 104 cm³/mol. The molecule has 2 amide bonds. The first-order chi connectivity index (χ1) is 13.1. The number of rotatable bonds is 6. The van der Waals surface area contributed by atoms with Crippen molar-refractivity contribution in [1.82, 2.24) is 30.0 Å². The van der Waals surface area contributed by atoms with Crippen LogP contribution < -0.4 is 5.32 Å². The van der Waals surface area contributed by atoms with Crippen molar-refractivity contribution in [1.29, 1.82) is 0 Å². The lowest BCUT2D eigenvalue weighted by Gasteiger charge is -2.36. The quantitative estimate of drug-likeness (QED) is 0.845. The topological polar surface area (TPSA) is 75.9 Å². The molecule has 1 unspecified atom stereocenters. The number of carbonyl (C=O) groups is 1. The van der Waals surface area contributed by atoms with Crippen molar-refractivity contribution in [3.8, 4) is 0 Å². The van der Waals surface area contributed by atoms with Gasteiger partial charge < -0.3 is 10.2 Å². The highest BCUT2D eigenvalue weighted by molar-refractivity contribution is 5.75. The molecule has 3 rings (SSSR count). The first-order valence-electron chi connectivity index (χ1n) is 9.86. The van der Waals surface area contributed by atoms with E-state index in [2.05, 4.69) is 34.2 Å². The summed E-state index contributed by atoms with van der Waals surface area (Å²) in [5, 5.41) is 7.39. The summed E-state index contributed by atoms with van der Waals surface area (Å²) in [7, 11) is 1.86. The Morgan fingerprint density at radius 3 is 2.56 bits per heavy atom. The van der Waals surface area contributed by atoms with Crippen LogP contribution in [0.4, 0.5) is 4.79 Å². The van der Waals surface area contributed by atoms with Gasteiger partial charge in [0.15, 0.2) is 0 Å². The van der Waals surface area contributed by atoms with Gasteiger partial charge in [0.2, 0.25) is 0 Å². The van der Waals surface area contributed by atoms with Crippen LogP contribution in [0.3, 0.4) is 0 Å². The number of urea groups is 1. The lowest BCUT2D eigenvalue weighted by molar-refractivity contribution is 0.144. The first kappa shape index (κ1) is 19.3. The van der Waals surface area contributed by atoms with Crippen LogP contribution in [0.1, 0.15) is 63.4 Å². The minimum absolute atomic E-state index is 0.0274. The predicted octanol–water partition coefficient (Wildman–Crippen LogP) is 3.45. The fourth-order valence-electron chi connectivity index (χ4n) is 3.78. The molecule has 7 heteroatoms. The molecule has 0 aliphatic heterocycles. The van der Waals surface area contributed by atoms with Gasteiger partial charge in [-0.15, -0.1) is 0 Å². The molecule has 2 aromatic rings. The SMILES string of the molecule is CC(C)C(NC(=O)N(Cc1ccncc1)C1CCCCC1)c1ncnn1C. The summed E-state index contributed by atoms with van der Waals surface area (Å²) in [6.07, 6.45) is 10.8. The molecule has 2 heterocycles. The Morgan fingerprint density at radius 1 is 1.26 bits per heavy atom. The van der Waals surface area contributed by atoms with Crippen molar-refractivity contribution in [2.24, 2.45) is 13.0 Å². The zero-order valence-electron chi connectivity index (χ0n) is 16.5. The number of nitrogens with one attached hydrogen (secondary N) is 1. The molecule has 0 spiro atoms. The Bertz CT molecular complexity index is 723. The van der Waals surface area contributed by atoms with Crippen LogP contribution in [-0.2, 0) is 13.6 Å². The van der Waals surface area contributed by atoms with Gasteiger partial charge in [0.25, 0.3) is 0 Å². The number of nitrogens with zero attached hydrogens (tertiary/aromatic N) is 5. The smallest absolute Gasteiger partial charge is 0.318 e. The maximum atomic E-state index is 13.3. The molecule has 0 bridgehead atoms. The zero-order valence-corrected chi connectivity index (χ0v) is 16.5. The molecule has 1 N–H and O–H groups in total. The molecule has 1 aliphatic rings. The van der Waals surface area contributed by atoms with E-state index in [0.29, 0.717) is 6.54 Å². The summed E-state index contributed by atoms with van der Waals surface area (Å²) in [6.45, 7) is 4.78.